The van der Waals surface area contributed by atoms with Crippen molar-refractivity contribution in [2.45, 2.75) is 26.7 Å². The zero-order valence-electron chi connectivity index (χ0n) is 17.1. The Hall–Kier alpha value is -3.02. The summed E-state index contributed by atoms with van der Waals surface area (Å²) in [6.45, 7) is 4.93. The molecule has 0 atom stereocenters. The van der Waals surface area contributed by atoms with E-state index in [1.807, 2.05) is 27.9 Å². The number of hydrogen-bond acceptors (Lipinski definition) is 3. The maximum Gasteiger partial charge on any atom is 0.319 e. The molecule has 2 rings (SSSR count). The molecule has 28 heavy (non-hydrogen) atoms. The molecule has 0 aromatic heterocycles. The molecule has 6 nitrogen and oxygen atoms in total. The van der Waals surface area contributed by atoms with Crippen LogP contribution in [0.4, 0.5) is 16.2 Å². The van der Waals surface area contributed by atoms with Crippen LogP contribution in [0.1, 0.15) is 34.8 Å². The van der Waals surface area contributed by atoms with Crippen molar-refractivity contribution in [3.63, 3.8) is 0 Å². The first-order chi connectivity index (χ1) is 13.4. The standard InChI is InChI=1S/C22H30N4O2/c1-5-23-21(27)18-10-13-20(16(2)15-18)25-22(28)24-14-6-7-17-8-11-19(12-9-17)26(3)4/h8-13,15H,5-7,14H2,1-4H3,(H,23,27)(H2,24,25,28). The van der Waals surface area contributed by atoms with Crippen molar-refractivity contribution in [3.8, 4) is 0 Å². The molecule has 3 amide bonds. The van der Waals surface area contributed by atoms with Crippen molar-refractivity contribution in [2.75, 3.05) is 37.4 Å². The fourth-order valence-electron chi connectivity index (χ4n) is 2.83. The largest absolute Gasteiger partial charge is 0.378 e. The first-order valence-electron chi connectivity index (χ1n) is 9.60. The Bertz CT molecular complexity index is 801. The minimum absolute atomic E-state index is 0.111. The van der Waals surface area contributed by atoms with Crippen LogP contribution >= 0.6 is 0 Å². The summed E-state index contributed by atoms with van der Waals surface area (Å²) in [6, 6.07) is 13.4. The number of rotatable bonds is 8. The van der Waals surface area contributed by atoms with Crippen molar-refractivity contribution >= 4 is 23.3 Å². The van der Waals surface area contributed by atoms with Crippen molar-refractivity contribution in [3.05, 3.63) is 59.2 Å². The number of hydrogen-bond donors (Lipinski definition) is 3. The third-order valence-electron chi connectivity index (χ3n) is 4.45. The van der Waals surface area contributed by atoms with Gasteiger partial charge >= 0.3 is 6.03 Å². The van der Waals surface area contributed by atoms with Crippen molar-refractivity contribution in [1.29, 1.82) is 0 Å². The van der Waals surface area contributed by atoms with E-state index in [2.05, 4.69) is 45.1 Å². The predicted octanol–water partition coefficient (Wildman–Crippen LogP) is 3.57. The van der Waals surface area contributed by atoms with E-state index in [1.54, 1.807) is 18.2 Å². The second-order valence-corrected chi connectivity index (χ2v) is 6.93. The molecule has 2 aromatic rings. The van der Waals surface area contributed by atoms with Crippen molar-refractivity contribution < 1.29 is 9.59 Å². The van der Waals surface area contributed by atoms with Gasteiger partial charge in [-0.25, -0.2) is 4.79 Å². The summed E-state index contributed by atoms with van der Waals surface area (Å²) in [5, 5.41) is 8.48. The smallest absolute Gasteiger partial charge is 0.319 e. The van der Waals surface area contributed by atoms with E-state index in [-0.39, 0.29) is 11.9 Å². The van der Waals surface area contributed by atoms with Crippen molar-refractivity contribution in [2.24, 2.45) is 0 Å². The summed E-state index contributed by atoms with van der Waals surface area (Å²) in [5.41, 5.74) is 4.56. The van der Waals surface area contributed by atoms with E-state index >= 15 is 0 Å². The lowest BCUT2D eigenvalue weighted by atomic mass is 10.1. The zero-order chi connectivity index (χ0) is 20.5. The summed E-state index contributed by atoms with van der Waals surface area (Å²) < 4.78 is 0. The molecule has 0 spiro atoms. The van der Waals surface area contributed by atoms with Gasteiger partial charge in [0.25, 0.3) is 5.91 Å². The second-order valence-electron chi connectivity index (χ2n) is 6.93. The zero-order valence-corrected chi connectivity index (χ0v) is 17.1. The monoisotopic (exact) mass is 382 g/mol. The van der Waals surface area contributed by atoms with Gasteiger partial charge in [0, 0.05) is 44.1 Å². The number of benzene rings is 2. The summed E-state index contributed by atoms with van der Waals surface area (Å²) >= 11 is 0. The predicted molar refractivity (Wildman–Crippen MR) is 115 cm³/mol. The van der Waals surface area contributed by atoms with Crippen LogP contribution in [0.5, 0.6) is 0 Å². The maximum atomic E-state index is 12.1. The molecule has 0 aliphatic carbocycles. The molecule has 0 heterocycles. The Morgan fingerprint density at radius 3 is 2.32 bits per heavy atom. The van der Waals surface area contributed by atoms with Gasteiger partial charge in [0.2, 0.25) is 0 Å². The van der Waals surface area contributed by atoms with Gasteiger partial charge in [-0.1, -0.05) is 12.1 Å². The molecule has 0 saturated heterocycles. The minimum atomic E-state index is -0.239. The number of anilines is 2. The number of carbonyl (C=O) groups is 2. The molecule has 0 radical (unpaired) electrons. The summed E-state index contributed by atoms with van der Waals surface area (Å²) in [7, 11) is 4.04. The molecular weight excluding hydrogens is 352 g/mol. The number of amides is 3. The number of carbonyl (C=O) groups excluding carboxylic acids is 2. The topological polar surface area (TPSA) is 73.5 Å². The normalized spacial score (nSPS) is 10.3. The van der Waals surface area contributed by atoms with Gasteiger partial charge in [0.1, 0.15) is 0 Å². The molecule has 0 bridgehead atoms. The van der Waals surface area contributed by atoms with Crippen LogP contribution in [0.25, 0.3) is 0 Å². The van der Waals surface area contributed by atoms with E-state index in [0.29, 0.717) is 24.3 Å². The molecular formula is C22H30N4O2. The van der Waals surface area contributed by atoms with Gasteiger partial charge in [-0.2, -0.15) is 0 Å². The number of nitrogens with zero attached hydrogens (tertiary/aromatic N) is 1. The highest BCUT2D eigenvalue weighted by Gasteiger charge is 2.08. The highest BCUT2D eigenvalue weighted by Crippen LogP contribution is 2.17. The van der Waals surface area contributed by atoms with Gasteiger partial charge < -0.3 is 20.9 Å². The van der Waals surface area contributed by atoms with Gasteiger partial charge in [0.15, 0.2) is 0 Å². The van der Waals surface area contributed by atoms with E-state index in [0.717, 1.165) is 18.4 Å². The van der Waals surface area contributed by atoms with Crippen LogP contribution in [0.3, 0.4) is 0 Å². The molecule has 2 aromatic carbocycles. The third-order valence-corrected chi connectivity index (χ3v) is 4.45. The van der Waals surface area contributed by atoms with Crippen LogP contribution in [0.2, 0.25) is 0 Å². The Morgan fingerprint density at radius 2 is 1.71 bits per heavy atom. The maximum absolute atomic E-state index is 12.1. The highest BCUT2D eigenvalue weighted by molar-refractivity contribution is 5.96. The SMILES string of the molecule is CCNC(=O)c1ccc(NC(=O)NCCCc2ccc(N(C)C)cc2)c(C)c1. The minimum Gasteiger partial charge on any atom is -0.378 e. The van der Waals surface area contributed by atoms with E-state index in [4.69, 9.17) is 0 Å². The van der Waals surface area contributed by atoms with Crippen molar-refractivity contribution in [1.82, 2.24) is 10.6 Å². The fourth-order valence-corrected chi connectivity index (χ4v) is 2.83. The lowest BCUT2D eigenvalue weighted by Gasteiger charge is -2.13. The third kappa shape index (κ3) is 6.30. The molecule has 0 saturated carbocycles. The first kappa shape index (κ1) is 21.3. The number of nitrogens with one attached hydrogen (secondary N) is 3. The van der Waals surface area contributed by atoms with Crippen LogP contribution in [-0.4, -0.2) is 39.1 Å². The average Bonchev–Trinajstić information content (AvgIpc) is 2.67. The van der Waals surface area contributed by atoms with Crippen LogP contribution in [0, 0.1) is 6.92 Å². The number of urea groups is 1. The molecule has 150 valence electrons. The highest BCUT2D eigenvalue weighted by atomic mass is 16.2. The molecule has 0 fully saturated rings. The lowest BCUT2D eigenvalue weighted by Crippen LogP contribution is -2.30. The van der Waals surface area contributed by atoms with Gasteiger partial charge in [-0.15, -0.1) is 0 Å². The van der Waals surface area contributed by atoms with E-state index < -0.39 is 0 Å². The van der Waals surface area contributed by atoms with E-state index in [9.17, 15) is 9.59 Å². The Kier molecular flexibility index (Phi) is 7.87. The Morgan fingerprint density at radius 1 is 1.00 bits per heavy atom. The Balaban J connectivity index is 1.77. The van der Waals surface area contributed by atoms with Gasteiger partial charge in [-0.3, -0.25) is 4.79 Å². The van der Waals surface area contributed by atoms with Gasteiger partial charge in [-0.05, 0) is 68.1 Å². The summed E-state index contributed by atoms with van der Waals surface area (Å²) in [4.78, 5) is 26.0. The quantitative estimate of drug-likeness (QED) is 0.611. The van der Waals surface area contributed by atoms with E-state index in [1.165, 1.54) is 11.3 Å². The molecule has 0 aliphatic rings. The first-order valence-corrected chi connectivity index (χ1v) is 9.60. The molecule has 0 aliphatic heterocycles. The van der Waals surface area contributed by atoms with Crippen LogP contribution in [-0.2, 0) is 6.42 Å². The average molecular weight is 383 g/mol. The molecule has 6 heteroatoms. The fraction of sp³-hybridized carbons (Fsp3) is 0.364. The summed E-state index contributed by atoms with van der Waals surface area (Å²) in [6.07, 6.45) is 1.78. The van der Waals surface area contributed by atoms with Gasteiger partial charge in [0.05, 0.1) is 0 Å². The number of aryl methyl sites for hydroxylation is 2. The Labute approximate surface area is 167 Å². The molecule has 0 unspecified atom stereocenters. The van der Waals surface area contributed by atoms with Crippen LogP contribution in [0.15, 0.2) is 42.5 Å². The van der Waals surface area contributed by atoms with Crippen LogP contribution < -0.4 is 20.9 Å². The summed E-state index contributed by atoms with van der Waals surface area (Å²) in [5.74, 6) is -0.111. The molecule has 3 N–H and O–H groups in total. The second kappa shape index (κ2) is 10.3. The lowest BCUT2D eigenvalue weighted by molar-refractivity contribution is 0.0955.